The van der Waals surface area contributed by atoms with E-state index in [1.165, 1.54) is 6.07 Å². The largest absolute Gasteiger partial charge is 0.423 e. The number of benzene rings is 1. The molecule has 3 aromatic rings. The van der Waals surface area contributed by atoms with E-state index in [0.29, 0.717) is 17.4 Å². The van der Waals surface area contributed by atoms with Gasteiger partial charge in [0, 0.05) is 7.05 Å². The summed E-state index contributed by atoms with van der Waals surface area (Å²) >= 11 is 0. The first-order chi connectivity index (χ1) is 8.74. The maximum atomic E-state index is 12.8. The Morgan fingerprint density at radius 3 is 2.72 bits per heavy atom. The summed E-state index contributed by atoms with van der Waals surface area (Å²) in [6.45, 7) is 0. The summed E-state index contributed by atoms with van der Waals surface area (Å²) in [6.07, 6.45) is 1.16. The molecule has 0 saturated heterocycles. The van der Waals surface area contributed by atoms with Gasteiger partial charge < -0.3 is 4.42 Å². The van der Waals surface area contributed by atoms with Crippen LogP contribution in [-0.2, 0) is 0 Å². The monoisotopic (exact) mass is 243 g/mol. The Labute approximate surface area is 103 Å². The summed E-state index contributed by atoms with van der Waals surface area (Å²) < 4.78 is 18.4. The molecule has 18 heavy (non-hydrogen) atoms. The molecule has 0 spiro atoms. The zero-order valence-corrected chi connectivity index (χ0v) is 9.67. The molecule has 2 aromatic heterocycles. The molecule has 0 radical (unpaired) electrons. The minimum atomic E-state index is -0.371. The zero-order chi connectivity index (χ0) is 12.5. The molecule has 0 aliphatic carbocycles. The number of aromatic nitrogens is 2. The number of para-hydroxylation sites is 2. The molecular formula is C13H10FN3O. The van der Waals surface area contributed by atoms with Crippen LogP contribution in [0, 0.1) is 5.82 Å². The molecule has 3 rings (SSSR count). The van der Waals surface area contributed by atoms with Crippen molar-refractivity contribution in [2.45, 2.75) is 0 Å². The quantitative estimate of drug-likeness (QED) is 0.693. The first-order valence-electron chi connectivity index (χ1n) is 5.45. The van der Waals surface area contributed by atoms with Crippen LogP contribution >= 0.6 is 0 Å². The highest BCUT2D eigenvalue weighted by Gasteiger charge is 2.12. The van der Waals surface area contributed by atoms with Crippen LogP contribution in [0.4, 0.5) is 16.2 Å². The Morgan fingerprint density at radius 1 is 1.17 bits per heavy atom. The molecule has 0 amide bonds. The number of anilines is 2. The normalized spacial score (nSPS) is 10.8. The smallest absolute Gasteiger partial charge is 0.303 e. The number of rotatable bonds is 2. The molecule has 2 heterocycles. The maximum Gasteiger partial charge on any atom is 0.303 e. The average molecular weight is 243 g/mol. The van der Waals surface area contributed by atoms with Crippen LogP contribution < -0.4 is 4.90 Å². The van der Waals surface area contributed by atoms with Crippen molar-refractivity contribution in [3.63, 3.8) is 0 Å². The Hall–Kier alpha value is -2.43. The van der Waals surface area contributed by atoms with Crippen molar-refractivity contribution in [1.29, 1.82) is 0 Å². The van der Waals surface area contributed by atoms with E-state index in [2.05, 4.69) is 9.97 Å². The molecule has 0 atom stereocenters. The summed E-state index contributed by atoms with van der Waals surface area (Å²) in [5, 5.41) is 0. The van der Waals surface area contributed by atoms with E-state index in [0.717, 1.165) is 11.7 Å². The number of pyridine rings is 1. The summed E-state index contributed by atoms with van der Waals surface area (Å²) in [7, 11) is 1.77. The third-order valence-corrected chi connectivity index (χ3v) is 2.62. The number of hydrogen-bond donors (Lipinski definition) is 0. The van der Waals surface area contributed by atoms with Crippen molar-refractivity contribution in [1.82, 2.24) is 9.97 Å². The van der Waals surface area contributed by atoms with Crippen molar-refractivity contribution in [3.05, 3.63) is 48.4 Å². The molecule has 4 nitrogen and oxygen atoms in total. The van der Waals surface area contributed by atoms with Crippen molar-refractivity contribution >= 4 is 22.9 Å². The topological polar surface area (TPSA) is 42.2 Å². The van der Waals surface area contributed by atoms with E-state index >= 15 is 0 Å². The Kier molecular flexibility index (Phi) is 2.44. The molecular weight excluding hydrogens is 233 g/mol. The number of hydrogen-bond acceptors (Lipinski definition) is 4. The first-order valence-corrected chi connectivity index (χ1v) is 5.45. The molecule has 0 aliphatic heterocycles. The van der Waals surface area contributed by atoms with Crippen molar-refractivity contribution < 1.29 is 8.81 Å². The fraction of sp³-hybridized carbons (Fsp3) is 0.0769. The summed E-state index contributed by atoms with van der Waals surface area (Å²) in [4.78, 5) is 9.98. The minimum absolute atomic E-state index is 0.371. The van der Waals surface area contributed by atoms with Gasteiger partial charge in [-0.05, 0) is 24.3 Å². The van der Waals surface area contributed by atoms with Gasteiger partial charge in [0.25, 0.3) is 0 Å². The van der Waals surface area contributed by atoms with Gasteiger partial charge in [0.2, 0.25) is 0 Å². The second kappa shape index (κ2) is 4.10. The van der Waals surface area contributed by atoms with Gasteiger partial charge in [-0.25, -0.2) is 9.37 Å². The molecule has 1 aromatic carbocycles. The lowest BCUT2D eigenvalue weighted by atomic mass is 10.3. The third-order valence-electron chi connectivity index (χ3n) is 2.62. The summed E-state index contributed by atoms with van der Waals surface area (Å²) in [5.74, 6) is 0.202. The van der Waals surface area contributed by atoms with Gasteiger partial charge >= 0.3 is 6.01 Å². The van der Waals surface area contributed by atoms with Crippen molar-refractivity contribution in [3.8, 4) is 0 Å². The van der Waals surface area contributed by atoms with Crippen molar-refractivity contribution in [2.24, 2.45) is 0 Å². The highest BCUT2D eigenvalue weighted by molar-refractivity contribution is 5.75. The van der Waals surface area contributed by atoms with Gasteiger partial charge in [0.1, 0.15) is 17.2 Å². The van der Waals surface area contributed by atoms with Gasteiger partial charge in [-0.3, -0.25) is 4.90 Å². The first kappa shape index (κ1) is 10.7. The fourth-order valence-corrected chi connectivity index (χ4v) is 1.67. The standard InChI is InChI=1S/C13H10FN3O/c1-17(12-7-6-9(14)8-15-12)13-16-10-4-2-3-5-11(10)18-13/h2-8H,1H3. The van der Waals surface area contributed by atoms with E-state index in [1.54, 1.807) is 18.0 Å². The third kappa shape index (κ3) is 1.79. The highest BCUT2D eigenvalue weighted by Crippen LogP contribution is 2.25. The zero-order valence-electron chi connectivity index (χ0n) is 9.67. The van der Waals surface area contributed by atoms with E-state index in [-0.39, 0.29) is 5.82 Å². The fourth-order valence-electron chi connectivity index (χ4n) is 1.67. The lowest BCUT2D eigenvalue weighted by Gasteiger charge is -2.12. The number of fused-ring (bicyclic) bond motifs is 1. The Balaban J connectivity index is 2.00. The van der Waals surface area contributed by atoms with E-state index < -0.39 is 0 Å². The van der Waals surface area contributed by atoms with Crippen LogP contribution in [0.25, 0.3) is 11.1 Å². The van der Waals surface area contributed by atoms with Gasteiger partial charge in [-0.1, -0.05) is 12.1 Å². The van der Waals surface area contributed by atoms with Crippen molar-refractivity contribution in [2.75, 3.05) is 11.9 Å². The average Bonchev–Trinajstić information content (AvgIpc) is 2.82. The van der Waals surface area contributed by atoms with Gasteiger partial charge in [-0.15, -0.1) is 0 Å². The lowest BCUT2D eigenvalue weighted by molar-refractivity contribution is 0.599. The lowest BCUT2D eigenvalue weighted by Crippen LogP contribution is -2.11. The number of nitrogens with zero attached hydrogens (tertiary/aromatic N) is 3. The molecule has 90 valence electrons. The van der Waals surface area contributed by atoms with E-state index in [4.69, 9.17) is 4.42 Å². The van der Waals surface area contributed by atoms with Gasteiger partial charge in [-0.2, -0.15) is 4.98 Å². The predicted octanol–water partition coefficient (Wildman–Crippen LogP) is 3.13. The molecule has 0 fully saturated rings. The molecule has 0 unspecified atom stereocenters. The van der Waals surface area contributed by atoms with Crippen LogP contribution in [0.5, 0.6) is 0 Å². The predicted molar refractivity (Wildman–Crippen MR) is 66.3 cm³/mol. The second-order valence-corrected chi connectivity index (χ2v) is 3.86. The van der Waals surface area contributed by atoms with Crippen LogP contribution in [0.2, 0.25) is 0 Å². The molecule has 0 aliphatic rings. The van der Waals surface area contributed by atoms with Crippen LogP contribution in [0.3, 0.4) is 0 Å². The maximum absolute atomic E-state index is 12.8. The SMILES string of the molecule is CN(c1ccc(F)cn1)c1nc2ccccc2o1. The Morgan fingerprint density at radius 2 is 2.00 bits per heavy atom. The molecule has 0 saturated carbocycles. The van der Waals surface area contributed by atoms with Crippen LogP contribution in [0.15, 0.2) is 47.0 Å². The minimum Gasteiger partial charge on any atom is -0.423 e. The highest BCUT2D eigenvalue weighted by atomic mass is 19.1. The summed E-state index contributed by atoms with van der Waals surface area (Å²) in [6, 6.07) is 10.8. The Bertz CT molecular complexity index is 645. The van der Waals surface area contributed by atoms with E-state index in [9.17, 15) is 4.39 Å². The van der Waals surface area contributed by atoms with Crippen LogP contribution in [0.1, 0.15) is 0 Å². The number of oxazole rings is 1. The second-order valence-electron chi connectivity index (χ2n) is 3.86. The summed E-state index contributed by atoms with van der Waals surface area (Å²) in [5.41, 5.74) is 1.49. The molecule has 5 heteroatoms. The van der Waals surface area contributed by atoms with Crippen LogP contribution in [-0.4, -0.2) is 17.0 Å². The molecule has 0 bridgehead atoms. The van der Waals surface area contributed by atoms with Gasteiger partial charge in [0.15, 0.2) is 5.58 Å². The molecule has 0 N–H and O–H groups in total. The van der Waals surface area contributed by atoms with Gasteiger partial charge in [0.05, 0.1) is 6.20 Å². The van der Waals surface area contributed by atoms with E-state index in [1.807, 2.05) is 24.3 Å². The number of halogens is 1.